The zero-order chi connectivity index (χ0) is 23.0. The third-order valence-electron chi connectivity index (χ3n) is 4.60. The van der Waals surface area contributed by atoms with Crippen molar-refractivity contribution < 1.29 is 36.2 Å². The molecule has 0 saturated carbocycles. The van der Waals surface area contributed by atoms with Crippen LogP contribution in [0.1, 0.15) is 5.56 Å². The molecule has 0 bridgehead atoms. The van der Waals surface area contributed by atoms with Crippen LogP contribution >= 0.6 is 0 Å². The fourth-order valence-electron chi connectivity index (χ4n) is 3.25. The average Bonchev–Trinajstić information content (AvgIpc) is 2.74. The van der Waals surface area contributed by atoms with Gasteiger partial charge in [0.2, 0.25) is 5.95 Å². The summed E-state index contributed by atoms with van der Waals surface area (Å²) in [6.45, 7) is -0.0970. The minimum Gasteiger partial charge on any atom is -0.477 e. The van der Waals surface area contributed by atoms with E-state index in [2.05, 4.69) is 9.72 Å². The summed E-state index contributed by atoms with van der Waals surface area (Å²) < 4.78 is 71.7. The number of aromatic hydroxyl groups is 1. The molecule has 0 fully saturated rings. The van der Waals surface area contributed by atoms with Crippen LogP contribution in [-0.4, -0.2) is 21.0 Å². The predicted octanol–water partition coefficient (Wildman–Crippen LogP) is 3.58. The maximum atomic E-state index is 14.6. The highest BCUT2D eigenvalue weighted by Gasteiger charge is 2.32. The van der Waals surface area contributed by atoms with Crippen LogP contribution in [0, 0.1) is 11.8 Å². The molecule has 32 heavy (non-hydrogen) atoms. The standard InChI is InChI=1S/C21H12F5N3O3/c22-15-6-5-13(32-21(24,25)26)9-14(15)18-19(30)28-8-2-1-3-17(28)29(20(18)31)11-12-4-7-16(23)27-10-12/h1-10H,11H2/p+1. The molecule has 0 aliphatic rings. The number of nitrogens with zero attached hydrogens (tertiary/aromatic N) is 3. The number of benzene rings is 1. The Morgan fingerprint density at radius 1 is 1.09 bits per heavy atom. The van der Waals surface area contributed by atoms with Crippen molar-refractivity contribution in [3.8, 4) is 22.8 Å². The molecule has 0 atom stereocenters. The molecule has 0 spiro atoms. The molecule has 0 amide bonds. The Labute approximate surface area is 176 Å². The van der Waals surface area contributed by atoms with E-state index < -0.39 is 46.4 Å². The van der Waals surface area contributed by atoms with Gasteiger partial charge in [-0.15, -0.1) is 13.2 Å². The van der Waals surface area contributed by atoms with Crippen LogP contribution in [0.15, 0.2) is 65.7 Å². The molecule has 3 heterocycles. The zero-order valence-corrected chi connectivity index (χ0v) is 16.0. The van der Waals surface area contributed by atoms with Crippen LogP contribution in [0.5, 0.6) is 11.6 Å². The van der Waals surface area contributed by atoms with Crippen molar-refractivity contribution in [2.75, 3.05) is 0 Å². The van der Waals surface area contributed by atoms with Gasteiger partial charge in [-0.05, 0) is 36.4 Å². The van der Waals surface area contributed by atoms with E-state index in [1.807, 2.05) is 0 Å². The van der Waals surface area contributed by atoms with Crippen molar-refractivity contribution in [1.29, 1.82) is 0 Å². The van der Waals surface area contributed by atoms with E-state index in [9.17, 15) is 31.9 Å². The minimum absolute atomic E-state index is 0.0970. The molecule has 0 radical (unpaired) electrons. The Balaban J connectivity index is 1.96. The molecule has 4 rings (SSSR count). The molecule has 164 valence electrons. The summed E-state index contributed by atoms with van der Waals surface area (Å²) in [5, 5.41) is 10.9. The Bertz CT molecular complexity index is 1370. The van der Waals surface area contributed by atoms with Crippen molar-refractivity contribution in [2.24, 2.45) is 0 Å². The van der Waals surface area contributed by atoms with E-state index in [1.165, 1.54) is 35.2 Å². The van der Waals surface area contributed by atoms with Gasteiger partial charge in [0, 0.05) is 23.4 Å². The number of hydrogen-bond donors (Lipinski definition) is 1. The van der Waals surface area contributed by atoms with Crippen LogP contribution in [-0.2, 0) is 6.54 Å². The molecule has 0 aliphatic carbocycles. The van der Waals surface area contributed by atoms with Gasteiger partial charge >= 0.3 is 11.9 Å². The Kier molecular flexibility index (Phi) is 5.25. The maximum Gasteiger partial charge on any atom is 0.573 e. The number of alkyl halides is 3. The first-order valence-corrected chi connectivity index (χ1v) is 9.06. The summed E-state index contributed by atoms with van der Waals surface area (Å²) in [6.07, 6.45) is -2.47. The molecule has 3 aromatic heterocycles. The molecule has 11 heteroatoms. The highest BCUT2D eigenvalue weighted by Crippen LogP contribution is 2.33. The lowest BCUT2D eigenvalue weighted by molar-refractivity contribution is -0.532. The maximum absolute atomic E-state index is 14.6. The van der Waals surface area contributed by atoms with E-state index in [-0.39, 0.29) is 12.2 Å². The third-order valence-corrected chi connectivity index (χ3v) is 4.60. The molecule has 4 aromatic rings. The molecule has 1 N–H and O–H groups in total. The van der Waals surface area contributed by atoms with Gasteiger partial charge in [0.05, 0.1) is 6.20 Å². The Hall–Kier alpha value is -4.02. The van der Waals surface area contributed by atoms with Gasteiger partial charge in [-0.1, -0.05) is 6.07 Å². The highest BCUT2D eigenvalue weighted by molar-refractivity contribution is 5.70. The third kappa shape index (κ3) is 4.09. The summed E-state index contributed by atoms with van der Waals surface area (Å²) in [4.78, 5) is 16.6. The average molecular weight is 450 g/mol. The highest BCUT2D eigenvalue weighted by atomic mass is 19.4. The van der Waals surface area contributed by atoms with Crippen molar-refractivity contribution in [3.63, 3.8) is 0 Å². The largest absolute Gasteiger partial charge is 0.573 e. The van der Waals surface area contributed by atoms with E-state index >= 15 is 0 Å². The first-order chi connectivity index (χ1) is 15.1. The smallest absolute Gasteiger partial charge is 0.477 e. The monoisotopic (exact) mass is 450 g/mol. The van der Waals surface area contributed by atoms with E-state index in [0.29, 0.717) is 17.7 Å². The van der Waals surface area contributed by atoms with Crippen molar-refractivity contribution in [1.82, 2.24) is 9.55 Å². The normalized spacial score (nSPS) is 11.7. The second kappa shape index (κ2) is 7.91. The topological polar surface area (TPSA) is 68.4 Å². The number of rotatable bonds is 4. The van der Waals surface area contributed by atoms with Gasteiger partial charge in [-0.25, -0.2) is 14.2 Å². The SMILES string of the molecule is O=c1c(-c2cc(OC(F)(F)F)ccc2F)c(O)n(Cc2ccc(F)nc2)c2cccc[n+]12. The van der Waals surface area contributed by atoms with Crippen molar-refractivity contribution >= 4 is 5.65 Å². The van der Waals surface area contributed by atoms with Crippen molar-refractivity contribution in [2.45, 2.75) is 12.9 Å². The lowest BCUT2D eigenvalue weighted by atomic mass is 10.1. The number of pyridine rings is 2. The van der Waals surface area contributed by atoms with E-state index in [0.717, 1.165) is 16.5 Å². The molecule has 0 aliphatic heterocycles. The quantitative estimate of drug-likeness (QED) is 0.293. The van der Waals surface area contributed by atoms with Gasteiger partial charge in [0.15, 0.2) is 5.56 Å². The summed E-state index contributed by atoms with van der Waals surface area (Å²) in [6, 6.07) is 9.23. The lowest BCUT2D eigenvalue weighted by Gasteiger charge is -2.13. The van der Waals surface area contributed by atoms with Crippen LogP contribution in [0.25, 0.3) is 16.8 Å². The van der Waals surface area contributed by atoms with Gasteiger partial charge in [-0.3, -0.25) is 0 Å². The lowest BCUT2D eigenvalue weighted by Crippen LogP contribution is -2.43. The van der Waals surface area contributed by atoms with E-state index in [4.69, 9.17) is 0 Å². The Morgan fingerprint density at radius 3 is 2.56 bits per heavy atom. The molecular formula is C21H13F5N3O3+. The first-order valence-electron chi connectivity index (χ1n) is 9.06. The first kappa shape index (κ1) is 21.2. The summed E-state index contributed by atoms with van der Waals surface area (Å²) in [5.74, 6) is -3.23. The second-order valence-electron chi connectivity index (χ2n) is 6.70. The van der Waals surface area contributed by atoms with E-state index in [1.54, 1.807) is 6.07 Å². The van der Waals surface area contributed by atoms with Gasteiger partial charge in [0.1, 0.15) is 18.1 Å². The van der Waals surface area contributed by atoms with Crippen LogP contribution < -0.4 is 14.7 Å². The number of halogens is 5. The van der Waals surface area contributed by atoms with Crippen LogP contribution in [0.3, 0.4) is 0 Å². The number of aromatic nitrogens is 3. The molecule has 0 saturated heterocycles. The minimum atomic E-state index is -5.04. The zero-order valence-electron chi connectivity index (χ0n) is 16.0. The van der Waals surface area contributed by atoms with Crippen LogP contribution in [0.4, 0.5) is 22.0 Å². The summed E-state index contributed by atoms with van der Waals surface area (Å²) >= 11 is 0. The van der Waals surface area contributed by atoms with Crippen LogP contribution in [0.2, 0.25) is 0 Å². The summed E-state index contributed by atoms with van der Waals surface area (Å²) in [5.41, 5.74) is -1.38. The fraction of sp³-hybridized carbons (Fsp3) is 0.0952. The van der Waals surface area contributed by atoms with Gasteiger partial charge in [0.25, 0.3) is 11.5 Å². The predicted molar refractivity (Wildman–Crippen MR) is 101 cm³/mol. The molecule has 0 unspecified atom stereocenters. The van der Waals surface area contributed by atoms with Crippen molar-refractivity contribution in [3.05, 3.63) is 88.6 Å². The van der Waals surface area contributed by atoms with Gasteiger partial charge in [-0.2, -0.15) is 13.4 Å². The van der Waals surface area contributed by atoms with Gasteiger partial charge < -0.3 is 9.84 Å². The Morgan fingerprint density at radius 2 is 1.88 bits per heavy atom. The number of hydrogen-bond acceptors (Lipinski definition) is 4. The fourth-order valence-corrected chi connectivity index (χ4v) is 3.25. The summed E-state index contributed by atoms with van der Waals surface area (Å²) in [7, 11) is 0. The number of ether oxygens (including phenoxy) is 1. The number of fused-ring (bicyclic) bond motifs is 1. The second-order valence-corrected chi connectivity index (χ2v) is 6.70. The molecule has 1 aromatic carbocycles. The molecule has 6 nitrogen and oxygen atoms in total. The molecular weight excluding hydrogens is 437 g/mol.